The van der Waals surface area contributed by atoms with Crippen molar-refractivity contribution in [2.75, 3.05) is 0 Å². The van der Waals surface area contributed by atoms with E-state index in [1.807, 2.05) is 0 Å². The van der Waals surface area contributed by atoms with E-state index in [9.17, 15) is 13.6 Å². The van der Waals surface area contributed by atoms with E-state index in [0.29, 0.717) is 11.4 Å². The molecule has 0 saturated heterocycles. The van der Waals surface area contributed by atoms with E-state index in [2.05, 4.69) is 20.4 Å². The minimum atomic E-state index is -0.698. The molecule has 122 valence electrons. The third-order valence-electron chi connectivity index (χ3n) is 3.43. The summed E-state index contributed by atoms with van der Waals surface area (Å²) in [5.41, 5.74) is 0.396. The van der Waals surface area contributed by atoms with Crippen LogP contribution < -0.4 is 5.32 Å². The summed E-state index contributed by atoms with van der Waals surface area (Å²) in [7, 11) is 0. The maximum absolute atomic E-state index is 13.8. The normalized spacial score (nSPS) is 12.0. The topological polar surface area (TPSA) is 72.7 Å². The second kappa shape index (κ2) is 6.53. The number of amides is 1. The summed E-state index contributed by atoms with van der Waals surface area (Å²) in [6, 6.07) is 5.47. The molecule has 0 unspecified atom stereocenters. The molecule has 6 nitrogen and oxygen atoms in total. The lowest BCUT2D eigenvalue weighted by Crippen LogP contribution is -2.27. The van der Waals surface area contributed by atoms with Gasteiger partial charge in [0.1, 0.15) is 24.3 Å². The zero-order chi connectivity index (χ0) is 17.1. The molecule has 0 spiro atoms. The van der Waals surface area contributed by atoms with Gasteiger partial charge in [0.2, 0.25) is 0 Å². The predicted octanol–water partition coefficient (Wildman–Crippen LogP) is 2.43. The summed E-state index contributed by atoms with van der Waals surface area (Å²) < 4.78 is 28.5. The van der Waals surface area contributed by atoms with E-state index in [0.717, 1.165) is 18.2 Å². The van der Waals surface area contributed by atoms with Crippen molar-refractivity contribution in [2.45, 2.75) is 13.0 Å². The molecular formula is C16H13F2N5O. The summed E-state index contributed by atoms with van der Waals surface area (Å²) in [4.78, 5) is 20.3. The van der Waals surface area contributed by atoms with E-state index in [-0.39, 0.29) is 5.56 Å². The maximum Gasteiger partial charge on any atom is 0.251 e. The number of carbonyl (C=O) groups excluding carboxylic acids is 1. The van der Waals surface area contributed by atoms with Gasteiger partial charge in [0.25, 0.3) is 5.91 Å². The highest BCUT2D eigenvalue weighted by Crippen LogP contribution is 2.18. The van der Waals surface area contributed by atoms with Crippen LogP contribution in [0.25, 0.3) is 5.82 Å². The fraction of sp³-hybridized carbons (Fsp3) is 0.125. The van der Waals surface area contributed by atoms with Gasteiger partial charge >= 0.3 is 0 Å². The average Bonchev–Trinajstić information content (AvgIpc) is 3.11. The number of carbonyl (C=O) groups is 1. The summed E-state index contributed by atoms with van der Waals surface area (Å²) >= 11 is 0. The number of halogens is 2. The third-order valence-corrected chi connectivity index (χ3v) is 3.43. The number of aromatic nitrogens is 4. The Morgan fingerprint density at radius 2 is 2.08 bits per heavy atom. The van der Waals surface area contributed by atoms with E-state index < -0.39 is 23.6 Å². The lowest BCUT2D eigenvalue weighted by atomic mass is 10.1. The molecule has 1 atom stereocenters. The number of pyridine rings is 1. The Balaban J connectivity index is 1.80. The molecule has 0 aliphatic rings. The van der Waals surface area contributed by atoms with E-state index >= 15 is 0 Å². The minimum absolute atomic E-state index is 0.0777. The van der Waals surface area contributed by atoms with Crippen molar-refractivity contribution in [3.05, 3.63) is 71.9 Å². The first-order valence-electron chi connectivity index (χ1n) is 7.11. The monoisotopic (exact) mass is 329 g/mol. The second-order valence-electron chi connectivity index (χ2n) is 5.10. The molecule has 2 aromatic heterocycles. The molecule has 1 aromatic carbocycles. The molecular weight excluding hydrogens is 316 g/mol. The van der Waals surface area contributed by atoms with Crippen molar-refractivity contribution in [1.82, 2.24) is 25.1 Å². The first-order valence-corrected chi connectivity index (χ1v) is 7.11. The van der Waals surface area contributed by atoms with Crippen LogP contribution in [-0.2, 0) is 0 Å². The molecule has 0 saturated carbocycles. The number of hydrogen-bond donors (Lipinski definition) is 1. The number of nitrogens with zero attached hydrogens (tertiary/aromatic N) is 4. The molecule has 0 fully saturated rings. The molecule has 1 amide bonds. The van der Waals surface area contributed by atoms with Gasteiger partial charge in [0.15, 0.2) is 5.82 Å². The average molecular weight is 329 g/mol. The minimum Gasteiger partial charge on any atom is -0.345 e. The Bertz CT molecular complexity index is 867. The van der Waals surface area contributed by atoms with Crippen molar-refractivity contribution in [3.8, 4) is 5.82 Å². The van der Waals surface area contributed by atoms with Crippen LogP contribution in [0.5, 0.6) is 0 Å². The van der Waals surface area contributed by atoms with E-state index in [4.69, 9.17) is 0 Å². The molecule has 24 heavy (non-hydrogen) atoms. The highest BCUT2D eigenvalue weighted by Gasteiger charge is 2.16. The lowest BCUT2D eigenvalue weighted by Gasteiger charge is -2.15. The van der Waals surface area contributed by atoms with E-state index in [1.165, 1.54) is 35.7 Å². The number of benzene rings is 1. The van der Waals surface area contributed by atoms with Crippen LogP contribution in [0.15, 0.2) is 49.2 Å². The number of hydrogen-bond acceptors (Lipinski definition) is 4. The van der Waals surface area contributed by atoms with Crippen molar-refractivity contribution in [2.24, 2.45) is 0 Å². The Kier molecular flexibility index (Phi) is 4.28. The molecule has 2 heterocycles. The van der Waals surface area contributed by atoms with Gasteiger partial charge in [0.05, 0.1) is 6.04 Å². The van der Waals surface area contributed by atoms with Crippen LogP contribution in [-0.4, -0.2) is 25.7 Å². The van der Waals surface area contributed by atoms with Crippen LogP contribution in [0.1, 0.15) is 28.9 Å². The van der Waals surface area contributed by atoms with Crippen LogP contribution >= 0.6 is 0 Å². The highest BCUT2D eigenvalue weighted by atomic mass is 19.1. The van der Waals surface area contributed by atoms with Gasteiger partial charge in [0, 0.05) is 17.3 Å². The SMILES string of the molecule is C[C@H](NC(=O)c1ccnc(-n2cncn2)c1)c1cc(F)ccc1F. The molecule has 0 bridgehead atoms. The third kappa shape index (κ3) is 3.27. The van der Waals surface area contributed by atoms with Gasteiger partial charge in [-0.25, -0.2) is 23.4 Å². The number of nitrogens with one attached hydrogen (secondary N) is 1. The van der Waals surface area contributed by atoms with Crippen LogP contribution in [0, 0.1) is 11.6 Å². The van der Waals surface area contributed by atoms with Crippen molar-refractivity contribution < 1.29 is 13.6 Å². The van der Waals surface area contributed by atoms with Gasteiger partial charge in [-0.2, -0.15) is 5.10 Å². The summed E-state index contributed by atoms with van der Waals surface area (Å²) in [6.45, 7) is 1.58. The molecule has 3 rings (SSSR count). The Morgan fingerprint density at radius 3 is 2.83 bits per heavy atom. The maximum atomic E-state index is 13.8. The van der Waals surface area contributed by atoms with Crippen molar-refractivity contribution in [3.63, 3.8) is 0 Å². The number of rotatable bonds is 4. The van der Waals surface area contributed by atoms with Gasteiger partial charge in [-0.1, -0.05) is 0 Å². The van der Waals surface area contributed by atoms with Gasteiger partial charge < -0.3 is 5.32 Å². The largest absolute Gasteiger partial charge is 0.345 e. The quantitative estimate of drug-likeness (QED) is 0.798. The zero-order valence-corrected chi connectivity index (χ0v) is 12.6. The lowest BCUT2D eigenvalue weighted by molar-refractivity contribution is 0.0939. The standard InChI is InChI=1S/C16H13F2N5O/c1-10(13-7-12(17)2-3-14(13)18)22-16(24)11-4-5-20-15(6-11)23-9-19-8-21-23/h2-10H,1H3,(H,22,24)/t10-/m0/s1. The van der Waals surface area contributed by atoms with Crippen molar-refractivity contribution >= 4 is 5.91 Å². The fourth-order valence-corrected chi connectivity index (χ4v) is 2.22. The Labute approximate surface area is 136 Å². The van der Waals surface area contributed by atoms with E-state index in [1.54, 1.807) is 6.92 Å². The van der Waals surface area contributed by atoms with Crippen LogP contribution in [0.3, 0.4) is 0 Å². The molecule has 0 radical (unpaired) electrons. The summed E-state index contributed by atoms with van der Waals surface area (Å²) in [5.74, 6) is -1.16. The predicted molar refractivity (Wildman–Crippen MR) is 81.4 cm³/mol. The first kappa shape index (κ1) is 15.7. The molecule has 3 aromatic rings. The van der Waals surface area contributed by atoms with Gasteiger partial charge in [-0.15, -0.1) is 0 Å². The van der Waals surface area contributed by atoms with Crippen LogP contribution in [0.2, 0.25) is 0 Å². The Hall–Kier alpha value is -3.16. The first-order chi connectivity index (χ1) is 11.5. The summed E-state index contributed by atoms with van der Waals surface area (Å²) in [6.07, 6.45) is 4.26. The van der Waals surface area contributed by atoms with Gasteiger partial charge in [-0.05, 0) is 37.3 Å². The van der Waals surface area contributed by atoms with Crippen LogP contribution in [0.4, 0.5) is 8.78 Å². The fourth-order valence-electron chi connectivity index (χ4n) is 2.22. The molecule has 0 aliphatic carbocycles. The molecule has 1 N–H and O–H groups in total. The smallest absolute Gasteiger partial charge is 0.251 e. The highest BCUT2D eigenvalue weighted by molar-refractivity contribution is 5.94. The van der Waals surface area contributed by atoms with Gasteiger partial charge in [-0.3, -0.25) is 4.79 Å². The second-order valence-corrected chi connectivity index (χ2v) is 5.10. The zero-order valence-electron chi connectivity index (χ0n) is 12.6. The molecule has 8 heteroatoms. The molecule has 0 aliphatic heterocycles. The Morgan fingerprint density at radius 1 is 1.25 bits per heavy atom. The summed E-state index contributed by atoms with van der Waals surface area (Å²) in [5, 5.41) is 6.57. The van der Waals surface area contributed by atoms with Crippen molar-refractivity contribution in [1.29, 1.82) is 0 Å².